The number of aliphatic hydroxyl groups excluding tert-OH is 1. The number of aliphatic hydroxyl groups is 1. The summed E-state index contributed by atoms with van der Waals surface area (Å²) in [5, 5.41) is 11.5. The van der Waals surface area contributed by atoms with Crippen LogP contribution in [0, 0.1) is 27.7 Å². The van der Waals surface area contributed by atoms with Crippen LogP contribution in [0.25, 0.3) is 11.8 Å². The Bertz CT molecular complexity index is 2300. The molecule has 0 saturated heterocycles. The fourth-order valence-corrected chi connectivity index (χ4v) is 5.44. The van der Waals surface area contributed by atoms with E-state index in [4.69, 9.17) is 49.0 Å². The summed E-state index contributed by atoms with van der Waals surface area (Å²) >= 11 is 16.9. The van der Waals surface area contributed by atoms with Crippen LogP contribution in [0.4, 0.5) is 0 Å². The Balaban J connectivity index is 0.000000220. The van der Waals surface area contributed by atoms with E-state index < -0.39 is 0 Å². The molecule has 0 amide bonds. The Hall–Kier alpha value is -5.94. The van der Waals surface area contributed by atoms with Crippen LogP contribution in [-0.2, 0) is 11.2 Å². The number of rotatable bonds is 9. The average Bonchev–Trinajstić information content (AvgIpc) is 3.23. The van der Waals surface area contributed by atoms with E-state index in [0.29, 0.717) is 55.8 Å². The van der Waals surface area contributed by atoms with Crippen LogP contribution in [0.15, 0.2) is 110 Å². The van der Waals surface area contributed by atoms with Gasteiger partial charge in [0.1, 0.15) is 38.5 Å². The first-order chi connectivity index (χ1) is 28.1. The normalized spacial score (nSPS) is 10.3. The predicted octanol–water partition coefficient (Wildman–Crippen LogP) is 11.4. The summed E-state index contributed by atoms with van der Waals surface area (Å²) in [6.45, 7) is 7.75. The molecule has 1 N–H and O–H groups in total. The molecule has 59 heavy (non-hydrogen) atoms. The van der Waals surface area contributed by atoms with Gasteiger partial charge < -0.3 is 24.1 Å². The Morgan fingerprint density at radius 2 is 1.02 bits per heavy atom. The molecule has 3 aromatic carbocycles. The Morgan fingerprint density at radius 1 is 0.559 bits per heavy atom. The third-order valence-electron chi connectivity index (χ3n) is 7.98. The third kappa shape index (κ3) is 16.8. The molecular weight excluding hydrogens is 813 g/mol. The highest BCUT2D eigenvalue weighted by Gasteiger charge is 2.10. The van der Waals surface area contributed by atoms with Crippen LogP contribution in [0.5, 0.6) is 17.2 Å². The number of benzene rings is 3. The minimum atomic E-state index is -0.345. The second-order valence-corrected chi connectivity index (χ2v) is 14.1. The van der Waals surface area contributed by atoms with Gasteiger partial charge in [-0.2, -0.15) is 0 Å². The molecule has 6 aromatic rings. The second kappa shape index (κ2) is 24.1. The summed E-state index contributed by atoms with van der Waals surface area (Å²) in [6, 6.07) is 27.0. The summed E-state index contributed by atoms with van der Waals surface area (Å²) in [6.07, 6.45) is 6.90. The van der Waals surface area contributed by atoms with Crippen molar-refractivity contribution in [1.82, 2.24) is 15.0 Å². The smallest absolute Gasteiger partial charge is 0.337 e. The lowest BCUT2D eigenvalue weighted by Crippen LogP contribution is -2.04. The fraction of sp³-hybridized carbons (Fsp3) is 0.196. The first-order valence-corrected chi connectivity index (χ1v) is 19.1. The quantitative estimate of drug-likeness (QED) is 0.0649. The SMILES string of the molecule is COC(=O)c1cc(C)cc(OC)c1.COc1cc(C)cc(/C(O)=C\c2ccc(Cl)nc2)c1.COc1cc(C)cc(C(=O)Cc2ccc(Cl)nc2)c1.Cc1ccc(Cl)nc1. The number of Topliss-reactive ketones (excluding diaryl/α,β-unsaturated/α-hetero) is 1. The molecule has 0 fully saturated rings. The van der Waals surface area contributed by atoms with Gasteiger partial charge in [0.2, 0.25) is 0 Å². The monoisotopic (exact) mass is 857 g/mol. The zero-order chi connectivity index (χ0) is 43.5. The lowest BCUT2D eigenvalue weighted by atomic mass is 10.0. The highest BCUT2D eigenvalue weighted by Crippen LogP contribution is 2.23. The van der Waals surface area contributed by atoms with Gasteiger partial charge >= 0.3 is 5.97 Å². The number of esters is 1. The number of ether oxygens (including phenoxy) is 4. The molecule has 10 nitrogen and oxygen atoms in total. The molecular formula is C46H46Cl3N3O7. The fourth-order valence-electron chi connectivity index (χ4n) is 5.10. The van der Waals surface area contributed by atoms with Crippen molar-refractivity contribution in [3.63, 3.8) is 0 Å². The van der Waals surface area contributed by atoms with E-state index in [1.165, 1.54) is 7.11 Å². The molecule has 0 radical (unpaired) electrons. The highest BCUT2D eigenvalue weighted by atomic mass is 35.5. The van der Waals surface area contributed by atoms with Crippen LogP contribution in [0.1, 0.15) is 59.7 Å². The molecule has 3 aromatic heterocycles. The van der Waals surface area contributed by atoms with E-state index in [1.54, 1.807) is 101 Å². The lowest BCUT2D eigenvalue weighted by Gasteiger charge is -2.06. The van der Waals surface area contributed by atoms with Gasteiger partial charge in [-0.3, -0.25) is 4.79 Å². The Labute approximate surface area is 360 Å². The number of aromatic nitrogens is 3. The van der Waals surface area contributed by atoms with Crippen LogP contribution >= 0.6 is 34.8 Å². The van der Waals surface area contributed by atoms with E-state index in [0.717, 1.165) is 33.4 Å². The number of hydrogen-bond donors (Lipinski definition) is 1. The number of carbonyl (C=O) groups is 2. The summed E-state index contributed by atoms with van der Waals surface area (Å²) < 4.78 is 20.0. The van der Waals surface area contributed by atoms with Crippen LogP contribution in [-0.4, -0.2) is 60.3 Å². The number of aryl methyl sites for hydroxylation is 4. The molecule has 0 unspecified atom stereocenters. The second-order valence-electron chi connectivity index (χ2n) is 12.9. The van der Waals surface area contributed by atoms with Crippen molar-refractivity contribution in [1.29, 1.82) is 0 Å². The standard InChI is InChI=1S/2C15H14ClNO2.C10H12O3.C6H6ClN/c2*1-10-5-12(8-13(6-10)19-2)14(18)7-11-3-4-15(16)17-9-11;1-7-4-8(10(11)13-3)6-9(5-7)12-2;1-5-2-3-6(7)8-4-5/h3-6,8-9H,7H2,1-2H3;3-9,18H,1-2H3;4-6H,1-3H3;2-4H,1H3/b;14-7+;;. The maximum absolute atomic E-state index is 12.2. The van der Waals surface area contributed by atoms with E-state index in [1.807, 2.05) is 64.1 Å². The highest BCUT2D eigenvalue weighted by molar-refractivity contribution is 6.29. The predicted molar refractivity (Wildman–Crippen MR) is 236 cm³/mol. The van der Waals surface area contributed by atoms with Crippen molar-refractivity contribution in [3.05, 3.63) is 175 Å². The van der Waals surface area contributed by atoms with Gasteiger partial charge in [-0.25, -0.2) is 19.7 Å². The average molecular weight is 859 g/mol. The molecule has 6 rings (SSSR count). The van der Waals surface area contributed by atoms with E-state index >= 15 is 0 Å². The van der Waals surface area contributed by atoms with Gasteiger partial charge in [-0.15, -0.1) is 0 Å². The van der Waals surface area contributed by atoms with Crippen molar-refractivity contribution >= 4 is 58.4 Å². The van der Waals surface area contributed by atoms with E-state index in [9.17, 15) is 14.7 Å². The maximum atomic E-state index is 12.2. The van der Waals surface area contributed by atoms with Gasteiger partial charge in [-0.1, -0.05) is 53.0 Å². The molecule has 0 atom stereocenters. The van der Waals surface area contributed by atoms with Crippen molar-refractivity contribution in [2.45, 2.75) is 34.1 Å². The molecule has 0 aliphatic carbocycles. The van der Waals surface area contributed by atoms with Gasteiger partial charge in [-0.05, 0) is 140 Å². The lowest BCUT2D eigenvalue weighted by molar-refractivity contribution is 0.0600. The van der Waals surface area contributed by atoms with Crippen molar-refractivity contribution in [2.75, 3.05) is 28.4 Å². The van der Waals surface area contributed by atoms with Crippen molar-refractivity contribution < 1.29 is 33.6 Å². The summed E-state index contributed by atoms with van der Waals surface area (Å²) in [7, 11) is 6.11. The number of carbonyl (C=O) groups excluding carboxylic acids is 2. The number of methoxy groups -OCH3 is 4. The molecule has 0 aliphatic heterocycles. The largest absolute Gasteiger partial charge is 0.507 e. The molecule has 0 spiro atoms. The van der Waals surface area contributed by atoms with Gasteiger partial charge in [0, 0.05) is 36.1 Å². The molecule has 13 heteroatoms. The van der Waals surface area contributed by atoms with E-state index in [2.05, 4.69) is 19.7 Å². The topological polar surface area (TPSA) is 130 Å². The van der Waals surface area contributed by atoms with Gasteiger partial charge in [0.15, 0.2) is 5.78 Å². The third-order valence-corrected chi connectivity index (χ3v) is 8.65. The molecule has 3 heterocycles. The Morgan fingerprint density at radius 3 is 1.46 bits per heavy atom. The zero-order valence-corrected chi connectivity index (χ0v) is 36.3. The first-order valence-electron chi connectivity index (χ1n) is 17.9. The minimum absolute atomic E-state index is 0.0334. The van der Waals surface area contributed by atoms with Crippen LogP contribution in [0.2, 0.25) is 15.5 Å². The molecule has 0 bridgehead atoms. The van der Waals surface area contributed by atoms with Crippen LogP contribution < -0.4 is 14.2 Å². The summed E-state index contributed by atoms with van der Waals surface area (Å²) in [4.78, 5) is 35.1. The van der Waals surface area contributed by atoms with Crippen molar-refractivity contribution in [2.24, 2.45) is 0 Å². The maximum Gasteiger partial charge on any atom is 0.337 e. The molecule has 308 valence electrons. The molecule has 0 saturated carbocycles. The number of nitrogens with zero attached hydrogens (tertiary/aromatic N) is 3. The van der Waals surface area contributed by atoms with Crippen LogP contribution in [0.3, 0.4) is 0 Å². The summed E-state index contributed by atoms with van der Waals surface area (Å²) in [5.41, 5.74) is 7.60. The number of pyridine rings is 3. The van der Waals surface area contributed by atoms with E-state index in [-0.39, 0.29) is 17.5 Å². The first kappa shape index (κ1) is 47.4. The number of ketones is 1. The summed E-state index contributed by atoms with van der Waals surface area (Å²) in [5.74, 6) is 1.92. The Kier molecular flexibility index (Phi) is 19.4. The van der Waals surface area contributed by atoms with Crippen molar-refractivity contribution in [3.8, 4) is 17.2 Å². The number of halogens is 3. The zero-order valence-electron chi connectivity index (χ0n) is 34.0. The number of hydrogen-bond acceptors (Lipinski definition) is 10. The van der Waals surface area contributed by atoms with Gasteiger partial charge in [0.25, 0.3) is 0 Å². The minimum Gasteiger partial charge on any atom is -0.507 e. The molecule has 0 aliphatic rings. The van der Waals surface area contributed by atoms with Gasteiger partial charge in [0.05, 0.1) is 34.0 Å².